The highest BCUT2D eigenvalue weighted by atomic mass is 16.1. The second-order valence-electron chi connectivity index (χ2n) is 4.54. The third-order valence-corrected chi connectivity index (χ3v) is 3.24. The molecule has 94 valence electrons. The van der Waals surface area contributed by atoms with Crippen LogP contribution in [-0.4, -0.2) is 35.1 Å². The maximum absolute atomic E-state index is 11.8. The summed E-state index contributed by atoms with van der Waals surface area (Å²) in [7, 11) is 1.97. The number of carbonyl (C=O) groups is 1. The molecule has 0 aromatic carbocycles. The van der Waals surface area contributed by atoms with Crippen LogP contribution in [-0.2, 0) is 18.3 Å². The first-order chi connectivity index (χ1) is 8.27. The van der Waals surface area contributed by atoms with E-state index in [9.17, 15) is 4.79 Å². The highest BCUT2D eigenvalue weighted by Crippen LogP contribution is 2.09. The second-order valence-corrected chi connectivity index (χ2v) is 4.54. The van der Waals surface area contributed by atoms with Gasteiger partial charge >= 0.3 is 0 Å². The van der Waals surface area contributed by atoms with Gasteiger partial charge in [-0.25, -0.2) is 4.98 Å². The molecule has 5 heteroatoms. The molecule has 0 saturated carbocycles. The molecular weight excluding hydrogens is 216 g/mol. The summed E-state index contributed by atoms with van der Waals surface area (Å²) in [4.78, 5) is 16.1. The summed E-state index contributed by atoms with van der Waals surface area (Å²) in [6.07, 6.45) is 6.58. The van der Waals surface area contributed by atoms with Crippen molar-refractivity contribution in [2.24, 2.45) is 13.0 Å². The van der Waals surface area contributed by atoms with Gasteiger partial charge in [-0.2, -0.15) is 0 Å². The molecule has 1 aromatic heterocycles. The number of nitrogens with zero attached hydrogens (tertiary/aromatic N) is 2. The van der Waals surface area contributed by atoms with Crippen molar-refractivity contribution in [3.05, 3.63) is 18.2 Å². The Bertz CT molecular complexity index is 368. The third kappa shape index (κ3) is 3.30. The van der Waals surface area contributed by atoms with Crippen LogP contribution in [0.1, 0.15) is 18.7 Å². The minimum Gasteiger partial charge on any atom is -0.355 e. The van der Waals surface area contributed by atoms with Gasteiger partial charge in [-0.1, -0.05) is 0 Å². The molecular formula is C12H20N4O. The van der Waals surface area contributed by atoms with Crippen molar-refractivity contribution in [1.82, 2.24) is 20.2 Å². The number of hydrogen-bond donors (Lipinski definition) is 2. The van der Waals surface area contributed by atoms with Crippen LogP contribution >= 0.6 is 0 Å². The molecule has 0 radical (unpaired) electrons. The summed E-state index contributed by atoms with van der Waals surface area (Å²) in [6.45, 7) is 2.52. The number of carbonyl (C=O) groups excluding carboxylic acids is 1. The quantitative estimate of drug-likeness (QED) is 0.778. The lowest BCUT2D eigenvalue weighted by atomic mass is 9.99. The van der Waals surface area contributed by atoms with E-state index < -0.39 is 0 Å². The molecule has 1 saturated heterocycles. The molecule has 2 heterocycles. The van der Waals surface area contributed by atoms with E-state index in [1.807, 2.05) is 17.8 Å². The van der Waals surface area contributed by atoms with E-state index in [1.54, 1.807) is 6.20 Å². The number of piperidine rings is 1. The Morgan fingerprint density at radius 2 is 2.59 bits per heavy atom. The number of imidazole rings is 1. The van der Waals surface area contributed by atoms with E-state index in [1.165, 1.54) is 0 Å². The molecule has 2 N–H and O–H groups in total. The topological polar surface area (TPSA) is 59.0 Å². The maximum Gasteiger partial charge on any atom is 0.224 e. The lowest BCUT2D eigenvalue weighted by Crippen LogP contribution is -2.41. The third-order valence-electron chi connectivity index (χ3n) is 3.24. The molecule has 2 rings (SSSR count). The average Bonchev–Trinajstić information content (AvgIpc) is 2.76. The number of nitrogens with one attached hydrogen (secondary N) is 2. The number of amides is 1. The van der Waals surface area contributed by atoms with E-state index in [2.05, 4.69) is 15.6 Å². The molecule has 1 amide bonds. The van der Waals surface area contributed by atoms with Gasteiger partial charge in [0, 0.05) is 39.0 Å². The Morgan fingerprint density at radius 1 is 1.71 bits per heavy atom. The molecule has 17 heavy (non-hydrogen) atoms. The Kier molecular flexibility index (Phi) is 4.14. The van der Waals surface area contributed by atoms with Crippen LogP contribution in [0, 0.1) is 5.92 Å². The first kappa shape index (κ1) is 12.1. The van der Waals surface area contributed by atoms with Gasteiger partial charge in [0.25, 0.3) is 0 Å². The van der Waals surface area contributed by atoms with Gasteiger partial charge in [-0.15, -0.1) is 0 Å². The lowest BCUT2D eigenvalue weighted by Gasteiger charge is -2.21. The van der Waals surface area contributed by atoms with E-state index in [0.717, 1.165) is 38.2 Å². The SMILES string of the molecule is Cn1ccnc1CCNC(=O)[C@H]1CCCNC1. The summed E-state index contributed by atoms with van der Waals surface area (Å²) in [6, 6.07) is 0. The molecule has 0 unspecified atom stereocenters. The van der Waals surface area contributed by atoms with Crippen molar-refractivity contribution >= 4 is 5.91 Å². The first-order valence-corrected chi connectivity index (χ1v) is 6.22. The molecule has 1 aliphatic rings. The molecule has 1 atom stereocenters. The van der Waals surface area contributed by atoms with E-state index in [4.69, 9.17) is 0 Å². The zero-order valence-electron chi connectivity index (χ0n) is 10.3. The van der Waals surface area contributed by atoms with Gasteiger partial charge in [-0.3, -0.25) is 4.79 Å². The van der Waals surface area contributed by atoms with E-state index >= 15 is 0 Å². The largest absolute Gasteiger partial charge is 0.355 e. The Morgan fingerprint density at radius 3 is 3.24 bits per heavy atom. The van der Waals surface area contributed by atoms with Gasteiger partial charge in [-0.05, 0) is 19.4 Å². The van der Waals surface area contributed by atoms with Gasteiger partial charge in [0.1, 0.15) is 5.82 Å². The molecule has 1 fully saturated rings. The molecule has 1 aromatic rings. The monoisotopic (exact) mass is 236 g/mol. The molecule has 0 aliphatic carbocycles. The van der Waals surface area contributed by atoms with Crippen LogP contribution in [0.2, 0.25) is 0 Å². The van der Waals surface area contributed by atoms with Crippen LogP contribution in [0.3, 0.4) is 0 Å². The van der Waals surface area contributed by atoms with Crippen LogP contribution in [0.15, 0.2) is 12.4 Å². The standard InChI is InChI=1S/C12H20N4O/c1-16-8-7-14-11(16)4-6-15-12(17)10-3-2-5-13-9-10/h7-8,10,13H,2-6,9H2,1H3,(H,15,17)/t10-/m0/s1. The van der Waals surface area contributed by atoms with Crippen molar-refractivity contribution in [3.8, 4) is 0 Å². The maximum atomic E-state index is 11.8. The Labute approximate surface area is 102 Å². The van der Waals surface area contributed by atoms with Crippen LogP contribution in [0.25, 0.3) is 0 Å². The van der Waals surface area contributed by atoms with Crippen LogP contribution in [0.4, 0.5) is 0 Å². The Balaban J connectivity index is 1.71. The van der Waals surface area contributed by atoms with Gasteiger partial charge in [0.05, 0.1) is 5.92 Å². The summed E-state index contributed by atoms with van der Waals surface area (Å²) >= 11 is 0. The van der Waals surface area contributed by atoms with Crippen molar-refractivity contribution in [2.75, 3.05) is 19.6 Å². The number of rotatable bonds is 4. The summed E-state index contributed by atoms with van der Waals surface area (Å²) in [5.41, 5.74) is 0. The number of hydrogen-bond acceptors (Lipinski definition) is 3. The highest BCUT2D eigenvalue weighted by Gasteiger charge is 2.20. The fourth-order valence-electron chi connectivity index (χ4n) is 2.15. The first-order valence-electron chi connectivity index (χ1n) is 6.22. The molecule has 5 nitrogen and oxygen atoms in total. The smallest absolute Gasteiger partial charge is 0.224 e. The van der Waals surface area contributed by atoms with Crippen LogP contribution < -0.4 is 10.6 Å². The molecule has 0 spiro atoms. The summed E-state index contributed by atoms with van der Waals surface area (Å²) < 4.78 is 1.98. The predicted molar refractivity (Wildman–Crippen MR) is 65.5 cm³/mol. The zero-order chi connectivity index (χ0) is 12.1. The normalized spacial score (nSPS) is 20.2. The highest BCUT2D eigenvalue weighted by molar-refractivity contribution is 5.78. The molecule has 0 bridgehead atoms. The van der Waals surface area contributed by atoms with Gasteiger partial charge in [0.15, 0.2) is 0 Å². The number of aryl methyl sites for hydroxylation is 1. The number of aromatic nitrogens is 2. The van der Waals surface area contributed by atoms with Crippen molar-refractivity contribution in [3.63, 3.8) is 0 Å². The summed E-state index contributed by atoms with van der Waals surface area (Å²) in [5, 5.41) is 6.24. The lowest BCUT2D eigenvalue weighted by molar-refractivity contribution is -0.125. The van der Waals surface area contributed by atoms with E-state index in [0.29, 0.717) is 6.54 Å². The van der Waals surface area contributed by atoms with Gasteiger partial charge in [0.2, 0.25) is 5.91 Å². The van der Waals surface area contributed by atoms with Crippen molar-refractivity contribution < 1.29 is 4.79 Å². The van der Waals surface area contributed by atoms with Gasteiger partial charge < -0.3 is 15.2 Å². The van der Waals surface area contributed by atoms with E-state index in [-0.39, 0.29) is 11.8 Å². The van der Waals surface area contributed by atoms with Crippen molar-refractivity contribution in [1.29, 1.82) is 0 Å². The fraction of sp³-hybridized carbons (Fsp3) is 0.667. The Hall–Kier alpha value is -1.36. The second kappa shape index (κ2) is 5.82. The zero-order valence-corrected chi connectivity index (χ0v) is 10.3. The predicted octanol–water partition coefficient (Wildman–Crippen LogP) is 0.0784. The minimum atomic E-state index is 0.144. The van der Waals surface area contributed by atoms with Crippen LogP contribution in [0.5, 0.6) is 0 Å². The molecule has 1 aliphatic heterocycles. The fourth-order valence-corrected chi connectivity index (χ4v) is 2.15. The van der Waals surface area contributed by atoms with Crippen molar-refractivity contribution in [2.45, 2.75) is 19.3 Å². The summed E-state index contributed by atoms with van der Waals surface area (Å²) in [5.74, 6) is 1.32. The minimum absolute atomic E-state index is 0.144. The average molecular weight is 236 g/mol.